The van der Waals surface area contributed by atoms with Crippen LogP contribution in [0.3, 0.4) is 0 Å². The van der Waals surface area contributed by atoms with Crippen molar-refractivity contribution in [1.29, 1.82) is 0 Å². The fourth-order valence-electron chi connectivity index (χ4n) is 3.90. The Balaban J connectivity index is 1.53. The molecule has 186 valence electrons. The summed E-state index contributed by atoms with van der Waals surface area (Å²) in [5.41, 5.74) is 1.27. The second kappa shape index (κ2) is 10.3. The summed E-state index contributed by atoms with van der Waals surface area (Å²) in [6.07, 6.45) is 3.49. The molecule has 0 aliphatic carbocycles. The van der Waals surface area contributed by atoms with Gasteiger partial charge in [-0.2, -0.15) is 10.2 Å². The van der Waals surface area contributed by atoms with Crippen molar-refractivity contribution in [2.24, 2.45) is 7.05 Å². The number of anilines is 1. The molecule has 0 saturated carbocycles. The molecule has 1 N–H and O–H groups in total. The molecule has 1 aromatic carbocycles. The molecule has 10 nitrogen and oxygen atoms in total. The SMILES string of the molecule is Cn1cc(-n2ccc(=O)c(Cc3cccc(N(CC(F)(F)CN4CCOCC4)C(=O)O)c3)n2)cn1. The predicted molar refractivity (Wildman–Crippen MR) is 123 cm³/mol. The highest BCUT2D eigenvalue weighted by molar-refractivity contribution is 5.86. The summed E-state index contributed by atoms with van der Waals surface area (Å²) < 4.78 is 37.8. The van der Waals surface area contributed by atoms with Gasteiger partial charge in [0.2, 0.25) is 5.43 Å². The largest absolute Gasteiger partial charge is 0.465 e. The number of carboxylic acid groups (broad SMARTS) is 1. The van der Waals surface area contributed by atoms with Gasteiger partial charge in [-0.15, -0.1) is 0 Å². The second-order valence-electron chi connectivity index (χ2n) is 8.40. The van der Waals surface area contributed by atoms with Gasteiger partial charge in [-0.25, -0.2) is 18.3 Å². The van der Waals surface area contributed by atoms with Crippen molar-refractivity contribution in [3.05, 3.63) is 70.4 Å². The molecule has 12 heteroatoms. The van der Waals surface area contributed by atoms with Gasteiger partial charge in [0.15, 0.2) is 0 Å². The Morgan fingerprint density at radius 1 is 1.26 bits per heavy atom. The number of aromatic nitrogens is 4. The van der Waals surface area contributed by atoms with Gasteiger partial charge in [0.25, 0.3) is 5.92 Å². The minimum Gasteiger partial charge on any atom is -0.465 e. The van der Waals surface area contributed by atoms with Gasteiger partial charge in [-0.05, 0) is 17.7 Å². The predicted octanol–water partition coefficient (Wildman–Crippen LogP) is 2.01. The van der Waals surface area contributed by atoms with Gasteiger partial charge in [0.05, 0.1) is 38.7 Å². The van der Waals surface area contributed by atoms with Crippen molar-refractivity contribution < 1.29 is 23.4 Å². The van der Waals surface area contributed by atoms with Crippen LogP contribution in [0.15, 0.2) is 53.7 Å². The summed E-state index contributed by atoms with van der Waals surface area (Å²) >= 11 is 0. The standard InChI is InChI=1S/C23H26F2N6O4/c1-28-14-19(13-26-28)31-6-5-21(32)20(27-31)12-17-3-2-4-18(11-17)30(22(33)34)16-23(24,25)15-29-7-9-35-10-8-29/h2-6,11,13-14H,7-10,12,15-16H2,1H3,(H,33,34). The van der Waals surface area contributed by atoms with E-state index in [-0.39, 0.29) is 23.2 Å². The summed E-state index contributed by atoms with van der Waals surface area (Å²) in [4.78, 5) is 26.5. The van der Waals surface area contributed by atoms with E-state index < -0.39 is 25.1 Å². The molecule has 4 rings (SSSR count). The van der Waals surface area contributed by atoms with Gasteiger partial charge < -0.3 is 9.84 Å². The summed E-state index contributed by atoms with van der Waals surface area (Å²) in [5.74, 6) is -3.26. The maximum absolute atomic E-state index is 14.8. The number of nitrogens with zero attached hydrogens (tertiary/aromatic N) is 6. The lowest BCUT2D eigenvalue weighted by Crippen LogP contribution is -2.49. The molecule has 35 heavy (non-hydrogen) atoms. The zero-order valence-electron chi connectivity index (χ0n) is 19.2. The topological polar surface area (TPSA) is 106 Å². The highest BCUT2D eigenvalue weighted by Crippen LogP contribution is 2.24. The summed E-state index contributed by atoms with van der Waals surface area (Å²) in [5, 5.41) is 18.1. The number of benzene rings is 1. The third kappa shape index (κ3) is 6.28. The van der Waals surface area contributed by atoms with Gasteiger partial charge in [0, 0.05) is 44.5 Å². The zero-order chi connectivity index (χ0) is 25.0. The number of morpholine rings is 1. The fraction of sp³-hybridized carbons (Fsp3) is 0.391. The smallest absolute Gasteiger partial charge is 0.412 e. The molecule has 0 radical (unpaired) electrons. The lowest BCUT2D eigenvalue weighted by Gasteiger charge is -2.32. The molecule has 0 unspecified atom stereocenters. The van der Waals surface area contributed by atoms with Crippen molar-refractivity contribution in [2.75, 3.05) is 44.3 Å². The van der Waals surface area contributed by atoms with E-state index in [0.29, 0.717) is 42.5 Å². The van der Waals surface area contributed by atoms with Crippen LogP contribution in [-0.4, -0.2) is 81.0 Å². The zero-order valence-corrected chi connectivity index (χ0v) is 19.2. The van der Waals surface area contributed by atoms with Crippen LogP contribution in [0.2, 0.25) is 0 Å². The van der Waals surface area contributed by atoms with Crippen LogP contribution >= 0.6 is 0 Å². The average molecular weight is 488 g/mol. The number of hydrogen-bond donors (Lipinski definition) is 1. The highest BCUT2D eigenvalue weighted by Gasteiger charge is 2.37. The van der Waals surface area contributed by atoms with E-state index in [4.69, 9.17) is 4.74 Å². The molecule has 0 atom stereocenters. The molecular formula is C23H26F2N6O4. The lowest BCUT2D eigenvalue weighted by molar-refractivity contribution is -0.0510. The Morgan fingerprint density at radius 3 is 2.71 bits per heavy atom. The number of hydrogen-bond acceptors (Lipinski definition) is 6. The minimum absolute atomic E-state index is 0.0974. The first kappa shape index (κ1) is 24.5. The Bertz CT molecular complexity index is 1240. The number of carbonyl (C=O) groups is 1. The summed E-state index contributed by atoms with van der Waals surface area (Å²) in [6, 6.07) is 7.59. The van der Waals surface area contributed by atoms with Gasteiger partial charge in [0.1, 0.15) is 11.4 Å². The molecule has 1 saturated heterocycles. The molecule has 1 amide bonds. The van der Waals surface area contributed by atoms with E-state index in [9.17, 15) is 23.5 Å². The highest BCUT2D eigenvalue weighted by atomic mass is 19.3. The first-order chi connectivity index (χ1) is 16.7. The van der Waals surface area contributed by atoms with Crippen molar-refractivity contribution in [2.45, 2.75) is 12.3 Å². The second-order valence-corrected chi connectivity index (χ2v) is 8.40. The van der Waals surface area contributed by atoms with Crippen molar-refractivity contribution >= 4 is 11.8 Å². The average Bonchev–Trinajstić information content (AvgIpc) is 3.25. The minimum atomic E-state index is -3.26. The molecule has 2 aromatic heterocycles. The van der Waals surface area contributed by atoms with Gasteiger partial charge in [-0.1, -0.05) is 12.1 Å². The monoisotopic (exact) mass is 488 g/mol. The van der Waals surface area contributed by atoms with E-state index in [1.54, 1.807) is 41.2 Å². The van der Waals surface area contributed by atoms with E-state index >= 15 is 0 Å². The third-order valence-corrected chi connectivity index (χ3v) is 5.61. The van der Waals surface area contributed by atoms with Crippen LogP contribution in [0, 0.1) is 0 Å². The van der Waals surface area contributed by atoms with Crippen molar-refractivity contribution in [3.63, 3.8) is 0 Å². The molecule has 1 aliphatic rings. The number of alkyl halides is 2. The van der Waals surface area contributed by atoms with Crippen molar-refractivity contribution in [3.8, 4) is 5.69 Å². The maximum Gasteiger partial charge on any atom is 0.412 e. The Hall–Kier alpha value is -3.64. The lowest BCUT2D eigenvalue weighted by atomic mass is 10.1. The Labute approximate surface area is 199 Å². The number of ether oxygens (including phenoxy) is 1. The number of rotatable bonds is 8. The quantitative estimate of drug-likeness (QED) is 0.517. The normalized spacial score (nSPS) is 14.7. The van der Waals surface area contributed by atoms with Crippen LogP contribution in [0.25, 0.3) is 5.69 Å². The first-order valence-electron chi connectivity index (χ1n) is 11.1. The fourth-order valence-corrected chi connectivity index (χ4v) is 3.90. The van der Waals surface area contributed by atoms with Gasteiger partial charge >= 0.3 is 6.09 Å². The number of aryl methyl sites for hydroxylation is 1. The third-order valence-electron chi connectivity index (χ3n) is 5.61. The van der Waals surface area contributed by atoms with Crippen LogP contribution in [-0.2, 0) is 18.2 Å². The van der Waals surface area contributed by atoms with Crippen LogP contribution in [0.4, 0.5) is 19.3 Å². The number of amides is 1. The van der Waals surface area contributed by atoms with E-state index in [2.05, 4.69) is 10.2 Å². The Morgan fingerprint density at radius 2 is 2.03 bits per heavy atom. The van der Waals surface area contributed by atoms with Crippen LogP contribution < -0.4 is 10.3 Å². The Kier molecular flexibility index (Phi) is 7.22. The molecule has 0 spiro atoms. The van der Waals surface area contributed by atoms with E-state index in [0.717, 1.165) is 0 Å². The van der Waals surface area contributed by atoms with Crippen LogP contribution in [0.1, 0.15) is 11.3 Å². The first-order valence-corrected chi connectivity index (χ1v) is 11.1. The van der Waals surface area contributed by atoms with Crippen molar-refractivity contribution in [1.82, 2.24) is 24.5 Å². The molecule has 1 fully saturated rings. The maximum atomic E-state index is 14.8. The molecule has 3 aromatic rings. The summed E-state index contributed by atoms with van der Waals surface area (Å²) in [6.45, 7) is -0.0483. The molecule has 0 bridgehead atoms. The molecule has 1 aliphatic heterocycles. The van der Waals surface area contributed by atoms with Gasteiger partial charge in [-0.3, -0.25) is 19.3 Å². The number of halogens is 2. The van der Waals surface area contributed by atoms with Crippen LogP contribution in [0.5, 0.6) is 0 Å². The van der Waals surface area contributed by atoms with E-state index in [1.165, 1.54) is 29.1 Å². The molecule has 3 heterocycles. The molecular weight excluding hydrogens is 462 g/mol. The van der Waals surface area contributed by atoms with E-state index in [1.807, 2.05) is 0 Å². The summed E-state index contributed by atoms with van der Waals surface area (Å²) in [7, 11) is 1.76.